The highest BCUT2D eigenvalue weighted by Crippen LogP contribution is 2.14. The summed E-state index contributed by atoms with van der Waals surface area (Å²) < 4.78 is 0. The Hall–Kier alpha value is -2.01. The van der Waals surface area contributed by atoms with Crippen molar-refractivity contribution in [3.05, 3.63) is 36.2 Å². The summed E-state index contributed by atoms with van der Waals surface area (Å²) in [4.78, 5) is 25.6. The maximum Gasteiger partial charge on any atom is 0.277 e. The van der Waals surface area contributed by atoms with Gasteiger partial charge < -0.3 is 0 Å². The molecule has 0 fully saturated rings. The molecule has 2 aromatic rings. The Kier molecular flexibility index (Phi) is 3.25. The fourth-order valence-corrected chi connectivity index (χ4v) is 1.43. The second-order valence-corrected chi connectivity index (χ2v) is 4.88. The molecule has 0 saturated carbocycles. The van der Waals surface area contributed by atoms with Crippen LogP contribution in [0.1, 0.15) is 31.1 Å². The molecular formula is C13H15N3O2. The van der Waals surface area contributed by atoms with Gasteiger partial charge in [-0.3, -0.25) is 19.6 Å². The average Bonchev–Trinajstić information content (AvgIpc) is 2.34. The summed E-state index contributed by atoms with van der Waals surface area (Å²) in [5.74, 6) is -0.323. The number of nitrogens with zero attached hydrogens (tertiary/aromatic N) is 2. The molecule has 0 aliphatic carbocycles. The number of hydrogen-bond donors (Lipinski definition) is 1. The van der Waals surface area contributed by atoms with Gasteiger partial charge in [0, 0.05) is 12.4 Å². The molecule has 0 radical (unpaired) electrons. The van der Waals surface area contributed by atoms with Crippen molar-refractivity contribution in [2.45, 2.75) is 26.4 Å². The lowest BCUT2D eigenvalue weighted by atomic mass is 10.1. The smallest absolute Gasteiger partial charge is 0.268 e. The van der Waals surface area contributed by atoms with Crippen LogP contribution in [0.4, 0.5) is 0 Å². The molecule has 0 aliphatic rings. The zero-order chi connectivity index (χ0) is 13.2. The maximum absolute atomic E-state index is 12.0. The lowest BCUT2D eigenvalue weighted by Gasteiger charge is -2.19. The normalized spacial score (nSPS) is 11.5. The number of hydroxylamine groups is 1. The second kappa shape index (κ2) is 4.70. The van der Waals surface area contributed by atoms with Gasteiger partial charge in [-0.1, -0.05) is 6.07 Å². The number of nitrogens with one attached hydrogen (secondary N) is 1. The highest BCUT2D eigenvalue weighted by molar-refractivity contribution is 6.04. The SMILES string of the molecule is CC(C)(C)ONC(=O)c1cccc2nccnc12. The summed E-state index contributed by atoms with van der Waals surface area (Å²) in [7, 11) is 0. The number of hydrogen-bond acceptors (Lipinski definition) is 4. The van der Waals surface area contributed by atoms with Crippen LogP contribution in [-0.2, 0) is 4.84 Å². The zero-order valence-corrected chi connectivity index (χ0v) is 10.6. The van der Waals surface area contributed by atoms with Gasteiger partial charge in [0.2, 0.25) is 0 Å². The van der Waals surface area contributed by atoms with Crippen LogP contribution in [-0.4, -0.2) is 21.5 Å². The lowest BCUT2D eigenvalue weighted by molar-refractivity contribution is -0.0589. The Balaban J connectivity index is 2.28. The van der Waals surface area contributed by atoms with E-state index in [1.54, 1.807) is 24.5 Å². The molecule has 1 N–H and O–H groups in total. The maximum atomic E-state index is 12.0. The molecule has 1 heterocycles. The van der Waals surface area contributed by atoms with Gasteiger partial charge >= 0.3 is 0 Å². The van der Waals surface area contributed by atoms with Gasteiger partial charge in [-0.25, -0.2) is 5.48 Å². The van der Waals surface area contributed by atoms with Crippen molar-refractivity contribution in [3.8, 4) is 0 Å². The molecule has 0 saturated heterocycles. The van der Waals surface area contributed by atoms with E-state index in [1.165, 1.54) is 0 Å². The van der Waals surface area contributed by atoms with Crippen LogP contribution in [0.3, 0.4) is 0 Å². The van der Waals surface area contributed by atoms with Crippen molar-refractivity contribution in [1.82, 2.24) is 15.4 Å². The minimum absolute atomic E-state index is 0.323. The summed E-state index contributed by atoms with van der Waals surface area (Å²) in [6, 6.07) is 5.27. The van der Waals surface area contributed by atoms with Crippen LogP contribution in [0.15, 0.2) is 30.6 Å². The van der Waals surface area contributed by atoms with E-state index in [-0.39, 0.29) is 5.91 Å². The summed E-state index contributed by atoms with van der Waals surface area (Å²) in [6.45, 7) is 5.57. The molecule has 1 amide bonds. The third kappa shape index (κ3) is 2.81. The van der Waals surface area contributed by atoms with Gasteiger partial charge in [-0.15, -0.1) is 0 Å². The molecule has 5 nitrogen and oxygen atoms in total. The third-order valence-corrected chi connectivity index (χ3v) is 2.19. The van der Waals surface area contributed by atoms with E-state index in [4.69, 9.17) is 4.84 Å². The number of carbonyl (C=O) groups is 1. The van der Waals surface area contributed by atoms with E-state index in [0.717, 1.165) is 0 Å². The van der Waals surface area contributed by atoms with Crippen molar-refractivity contribution in [2.24, 2.45) is 0 Å². The van der Waals surface area contributed by atoms with Gasteiger partial charge in [0.05, 0.1) is 16.7 Å². The minimum atomic E-state index is -0.439. The molecule has 18 heavy (non-hydrogen) atoms. The van der Waals surface area contributed by atoms with Crippen molar-refractivity contribution in [1.29, 1.82) is 0 Å². The molecule has 5 heteroatoms. The van der Waals surface area contributed by atoms with Crippen LogP contribution in [0.5, 0.6) is 0 Å². The van der Waals surface area contributed by atoms with Gasteiger partial charge in [-0.05, 0) is 32.9 Å². The van der Waals surface area contributed by atoms with Crippen molar-refractivity contribution >= 4 is 16.9 Å². The first kappa shape index (κ1) is 12.4. The molecule has 2 rings (SSSR count). The second-order valence-electron chi connectivity index (χ2n) is 4.88. The average molecular weight is 245 g/mol. The summed E-state index contributed by atoms with van der Waals surface area (Å²) >= 11 is 0. The van der Waals surface area contributed by atoms with Crippen LogP contribution in [0.2, 0.25) is 0 Å². The summed E-state index contributed by atoms with van der Waals surface area (Å²) in [5.41, 5.74) is 3.68. The van der Waals surface area contributed by atoms with E-state index in [1.807, 2.05) is 26.8 Å². The Morgan fingerprint density at radius 1 is 1.22 bits per heavy atom. The van der Waals surface area contributed by atoms with E-state index in [0.29, 0.717) is 16.6 Å². The Bertz CT molecular complexity index is 570. The number of fused-ring (bicyclic) bond motifs is 1. The summed E-state index contributed by atoms with van der Waals surface area (Å²) in [6.07, 6.45) is 3.15. The topological polar surface area (TPSA) is 64.1 Å². The van der Waals surface area contributed by atoms with Gasteiger partial charge in [0.1, 0.15) is 5.52 Å². The molecule has 1 aromatic heterocycles. The van der Waals surface area contributed by atoms with Crippen molar-refractivity contribution in [3.63, 3.8) is 0 Å². The fourth-order valence-electron chi connectivity index (χ4n) is 1.43. The summed E-state index contributed by atoms with van der Waals surface area (Å²) in [5, 5.41) is 0. The Morgan fingerprint density at radius 2 is 1.94 bits per heavy atom. The first-order valence-corrected chi connectivity index (χ1v) is 5.65. The number of para-hydroxylation sites is 1. The molecule has 0 unspecified atom stereocenters. The number of amides is 1. The molecule has 0 aliphatic heterocycles. The fraction of sp³-hybridized carbons (Fsp3) is 0.308. The Labute approximate surface area is 105 Å². The number of rotatable bonds is 2. The van der Waals surface area contributed by atoms with Crippen LogP contribution < -0.4 is 5.48 Å². The number of benzene rings is 1. The van der Waals surface area contributed by atoms with Gasteiger partial charge in [0.15, 0.2) is 0 Å². The van der Waals surface area contributed by atoms with E-state index in [9.17, 15) is 4.79 Å². The predicted molar refractivity (Wildman–Crippen MR) is 67.8 cm³/mol. The standard InChI is InChI=1S/C13H15N3O2/c1-13(2,3)18-16-12(17)9-5-4-6-10-11(9)15-8-7-14-10/h4-8H,1-3H3,(H,16,17). The van der Waals surface area contributed by atoms with Crippen molar-refractivity contribution in [2.75, 3.05) is 0 Å². The lowest BCUT2D eigenvalue weighted by Crippen LogP contribution is -2.33. The molecule has 1 aromatic carbocycles. The number of aromatic nitrogens is 2. The number of carbonyl (C=O) groups excluding carboxylic acids is 1. The third-order valence-electron chi connectivity index (χ3n) is 2.19. The first-order valence-electron chi connectivity index (χ1n) is 5.65. The molecule has 94 valence electrons. The van der Waals surface area contributed by atoms with Crippen LogP contribution in [0, 0.1) is 0 Å². The quantitative estimate of drug-likeness (QED) is 0.823. The zero-order valence-electron chi connectivity index (χ0n) is 10.6. The Morgan fingerprint density at radius 3 is 2.67 bits per heavy atom. The van der Waals surface area contributed by atoms with Crippen LogP contribution >= 0.6 is 0 Å². The molecular weight excluding hydrogens is 230 g/mol. The van der Waals surface area contributed by atoms with Crippen molar-refractivity contribution < 1.29 is 9.63 Å². The van der Waals surface area contributed by atoms with Gasteiger partial charge in [0.25, 0.3) is 5.91 Å². The monoisotopic (exact) mass is 245 g/mol. The largest absolute Gasteiger partial charge is 0.277 e. The molecule has 0 spiro atoms. The molecule has 0 atom stereocenters. The van der Waals surface area contributed by atoms with E-state index < -0.39 is 5.60 Å². The van der Waals surface area contributed by atoms with E-state index in [2.05, 4.69) is 15.4 Å². The highest BCUT2D eigenvalue weighted by atomic mass is 16.7. The van der Waals surface area contributed by atoms with Gasteiger partial charge in [-0.2, -0.15) is 0 Å². The van der Waals surface area contributed by atoms with Crippen LogP contribution in [0.25, 0.3) is 11.0 Å². The predicted octanol–water partition coefficient (Wildman–Crippen LogP) is 2.09. The first-order chi connectivity index (χ1) is 8.47. The highest BCUT2D eigenvalue weighted by Gasteiger charge is 2.16. The van der Waals surface area contributed by atoms with E-state index >= 15 is 0 Å². The minimum Gasteiger partial charge on any atom is -0.268 e. The molecule has 0 bridgehead atoms.